The Morgan fingerprint density at radius 3 is 3.18 bits per heavy atom. The minimum atomic E-state index is 0.283. The molecule has 3 heterocycles. The Balaban J connectivity index is 1.50. The largest absolute Gasteiger partial charge is 0.376 e. The number of hydrogen-bond acceptors (Lipinski definition) is 6. The van der Waals surface area contributed by atoms with Gasteiger partial charge in [-0.2, -0.15) is 10.1 Å². The number of nitrogens with one attached hydrogen (secondary N) is 1. The monoisotopic (exact) mass is 297 g/mol. The minimum absolute atomic E-state index is 0.283. The molecule has 6 heteroatoms. The second-order valence-corrected chi connectivity index (χ2v) is 5.69. The zero-order valence-corrected chi connectivity index (χ0v) is 12.4. The highest BCUT2D eigenvalue weighted by Crippen LogP contribution is 2.32. The number of aromatic nitrogens is 3. The van der Waals surface area contributed by atoms with E-state index in [1.54, 1.807) is 6.20 Å². The lowest BCUT2D eigenvalue weighted by molar-refractivity contribution is 0.120. The van der Waals surface area contributed by atoms with E-state index in [0.717, 1.165) is 44.8 Å². The maximum absolute atomic E-state index is 5.61. The van der Waals surface area contributed by atoms with Gasteiger partial charge in [0.2, 0.25) is 0 Å². The van der Waals surface area contributed by atoms with Crippen LogP contribution in [0.15, 0.2) is 30.5 Å². The van der Waals surface area contributed by atoms with Gasteiger partial charge >= 0.3 is 0 Å². The van der Waals surface area contributed by atoms with Gasteiger partial charge in [-0.25, -0.2) is 0 Å². The summed E-state index contributed by atoms with van der Waals surface area (Å²) in [6.07, 6.45) is 5.22. The van der Waals surface area contributed by atoms with E-state index in [-0.39, 0.29) is 6.10 Å². The van der Waals surface area contributed by atoms with Crippen LogP contribution in [0.1, 0.15) is 18.4 Å². The second kappa shape index (κ2) is 5.88. The van der Waals surface area contributed by atoms with Crippen LogP contribution in [0.5, 0.6) is 0 Å². The van der Waals surface area contributed by atoms with Crippen LogP contribution < -0.4 is 10.2 Å². The van der Waals surface area contributed by atoms with Gasteiger partial charge in [-0.15, -0.1) is 5.10 Å². The average Bonchev–Trinajstić information content (AvgIpc) is 3.23. The number of anilines is 3. The predicted octanol–water partition coefficient (Wildman–Crippen LogP) is 2.16. The highest BCUT2D eigenvalue weighted by atomic mass is 16.5. The smallest absolute Gasteiger partial charge is 0.251 e. The summed E-state index contributed by atoms with van der Waals surface area (Å²) < 4.78 is 5.61. The van der Waals surface area contributed by atoms with Crippen molar-refractivity contribution < 1.29 is 4.74 Å². The molecular formula is C16H19N5O. The van der Waals surface area contributed by atoms with Crippen LogP contribution in [0, 0.1) is 0 Å². The number of ether oxygens (including phenoxy) is 1. The molecule has 2 aromatic rings. The Morgan fingerprint density at radius 2 is 2.27 bits per heavy atom. The van der Waals surface area contributed by atoms with Gasteiger partial charge in [0.25, 0.3) is 5.95 Å². The van der Waals surface area contributed by atoms with Crippen molar-refractivity contribution in [1.82, 2.24) is 15.2 Å². The van der Waals surface area contributed by atoms with E-state index >= 15 is 0 Å². The molecule has 6 nitrogen and oxygen atoms in total. The van der Waals surface area contributed by atoms with Crippen molar-refractivity contribution in [2.24, 2.45) is 0 Å². The van der Waals surface area contributed by atoms with E-state index in [2.05, 4.69) is 43.6 Å². The number of hydrogen-bond donors (Lipinski definition) is 1. The number of fused-ring (bicyclic) bond motifs is 1. The van der Waals surface area contributed by atoms with Gasteiger partial charge in [0.05, 0.1) is 12.3 Å². The molecule has 0 bridgehead atoms. The molecule has 114 valence electrons. The molecule has 2 aliphatic rings. The van der Waals surface area contributed by atoms with Gasteiger partial charge in [0, 0.05) is 25.4 Å². The predicted molar refractivity (Wildman–Crippen MR) is 84.4 cm³/mol. The number of para-hydroxylation sites is 1. The van der Waals surface area contributed by atoms with Gasteiger partial charge in [-0.3, -0.25) is 0 Å². The fourth-order valence-electron chi connectivity index (χ4n) is 3.06. The summed E-state index contributed by atoms with van der Waals surface area (Å²) in [4.78, 5) is 6.72. The van der Waals surface area contributed by atoms with Crippen LogP contribution >= 0.6 is 0 Å². The van der Waals surface area contributed by atoms with Crippen molar-refractivity contribution in [3.8, 4) is 0 Å². The summed E-state index contributed by atoms with van der Waals surface area (Å²) in [6.45, 7) is 2.54. The van der Waals surface area contributed by atoms with E-state index in [1.807, 2.05) is 6.07 Å². The van der Waals surface area contributed by atoms with Crippen molar-refractivity contribution in [2.45, 2.75) is 25.4 Å². The van der Waals surface area contributed by atoms with Crippen LogP contribution in [-0.2, 0) is 11.2 Å². The Hall–Kier alpha value is -2.21. The fraction of sp³-hybridized carbons (Fsp3) is 0.438. The van der Waals surface area contributed by atoms with Crippen molar-refractivity contribution in [3.63, 3.8) is 0 Å². The highest BCUT2D eigenvalue weighted by molar-refractivity contribution is 5.65. The zero-order chi connectivity index (χ0) is 14.8. The number of rotatable bonds is 4. The molecule has 22 heavy (non-hydrogen) atoms. The zero-order valence-electron chi connectivity index (χ0n) is 12.4. The summed E-state index contributed by atoms with van der Waals surface area (Å²) >= 11 is 0. The standard InChI is InChI=1S/C16H19N5O/c1-2-6-14-12(4-1)7-8-21(14)16-19-15(11-18-20-16)17-10-13-5-3-9-22-13/h1-2,4,6,11,13H,3,5,7-10H2,(H,17,19,20). The molecular weight excluding hydrogens is 278 g/mol. The first-order valence-electron chi connectivity index (χ1n) is 7.81. The van der Waals surface area contributed by atoms with Gasteiger partial charge in [0.1, 0.15) is 0 Å². The van der Waals surface area contributed by atoms with Crippen LogP contribution in [0.2, 0.25) is 0 Å². The lowest BCUT2D eigenvalue weighted by Crippen LogP contribution is -2.21. The summed E-state index contributed by atoms with van der Waals surface area (Å²) in [7, 11) is 0. The van der Waals surface area contributed by atoms with E-state index in [1.165, 1.54) is 11.3 Å². The van der Waals surface area contributed by atoms with Gasteiger partial charge in [-0.05, 0) is 30.9 Å². The van der Waals surface area contributed by atoms with E-state index in [4.69, 9.17) is 4.74 Å². The van der Waals surface area contributed by atoms with Gasteiger partial charge in [0.15, 0.2) is 5.82 Å². The molecule has 0 aliphatic carbocycles. The maximum atomic E-state index is 5.61. The van der Waals surface area contributed by atoms with Crippen molar-refractivity contribution in [3.05, 3.63) is 36.0 Å². The summed E-state index contributed by atoms with van der Waals surface area (Å²) in [5.74, 6) is 1.41. The molecule has 1 unspecified atom stereocenters. The van der Waals surface area contributed by atoms with Crippen molar-refractivity contribution in [2.75, 3.05) is 29.9 Å². The topological polar surface area (TPSA) is 63.2 Å². The maximum Gasteiger partial charge on any atom is 0.251 e. The Kier molecular flexibility index (Phi) is 3.60. The molecule has 0 amide bonds. The first-order chi connectivity index (χ1) is 10.9. The van der Waals surface area contributed by atoms with Crippen LogP contribution in [0.25, 0.3) is 0 Å². The number of benzene rings is 1. The molecule has 1 saturated heterocycles. The van der Waals surface area contributed by atoms with Crippen LogP contribution in [0.4, 0.5) is 17.5 Å². The Bertz CT molecular complexity index is 656. The molecule has 1 N–H and O–H groups in total. The lowest BCUT2D eigenvalue weighted by atomic mass is 10.2. The summed E-state index contributed by atoms with van der Waals surface area (Å²) in [5, 5.41) is 11.6. The lowest BCUT2D eigenvalue weighted by Gasteiger charge is -2.17. The van der Waals surface area contributed by atoms with E-state index in [9.17, 15) is 0 Å². The quantitative estimate of drug-likeness (QED) is 0.933. The average molecular weight is 297 g/mol. The minimum Gasteiger partial charge on any atom is -0.376 e. The molecule has 1 aromatic heterocycles. The first kappa shape index (κ1) is 13.5. The second-order valence-electron chi connectivity index (χ2n) is 5.69. The fourth-order valence-corrected chi connectivity index (χ4v) is 3.06. The molecule has 4 rings (SSSR count). The summed E-state index contributed by atoms with van der Waals surface area (Å²) in [5.41, 5.74) is 2.52. The Labute approximate surface area is 129 Å². The first-order valence-corrected chi connectivity index (χ1v) is 7.81. The van der Waals surface area contributed by atoms with Gasteiger partial charge < -0.3 is 15.0 Å². The van der Waals surface area contributed by atoms with Crippen LogP contribution in [-0.4, -0.2) is 41.0 Å². The van der Waals surface area contributed by atoms with E-state index in [0.29, 0.717) is 5.95 Å². The third-order valence-corrected chi connectivity index (χ3v) is 4.21. The Morgan fingerprint density at radius 1 is 1.32 bits per heavy atom. The highest BCUT2D eigenvalue weighted by Gasteiger charge is 2.22. The molecule has 0 spiro atoms. The molecule has 0 saturated carbocycles. The van der Waals surface area contributed by atoms with Crippen molar-refractivity contribution >= 4 is 17.5 Å². The molecule has 1 atom stereocenters. The summed E-state index contributed by atoms with van der Waals surface area (Å²) in [6, 6.07) is 8.38. The van der Waals surface area contributed by atoms with Crippen LogP contribution in [0.3, 0.4) is 0 Å². The number of nitrogens with zero attached hydrogens (tertiary/aromatic N) is 4. The normalized spacial score (nSPS) is 20.2. The van der Waals surface area contributed by atoms with Gasteiger partial charge in [-0.1, -0.05) is 18.2 Å². The van der Waals surface area contributed by atoms with Crippen molar-refractivity contribution in [1.29, 1.82) is 0 Å². The third kappa shape index (κ3) is 2.62. The molecule has 0 radical (unpaired) electrons. The molecule has 2 aliphatic heterocycles. The molecule has 1 aromatic carbocycles. The third-order valence-electron chi connectivity index (χ3n) is 4.21. The van der Waals surface area contributed by atoms with E-state index < -0.39 is 0 Å². The SMILES string of the molecule is c1ccc2c(c1)CCN2c1nncc(NCC2CCCO2)n1. The molecule has 1 fully saturated rings.